The number of hydrogen-bond donors (Lipinski definition) is 1. The Morgan fingerprint density at radius 2 is 2.32 bits per heavy atom. The second-order valence-corrected chi connectivity index (χ2v) is 7.09. The molecule has 1 aliphatic rings. The van der Waals surface area contributed by atoms with Crippen LogP contribution in [-0.2, 0) is 9.53 Å². The molecule has 0 unspecified atom stereocenters. The molecule has 1 amide bonds. The third-order valence-corrected chi connectivity index (χ3v) is 5.42. The Hall–Kier alpha value is -1.44. The van der Waals surface area contributed by atoms with E-state index in [0.29, 0.717) is 26.1 Å². The summed E-state index contributed by atoms with van der Waals surface area (Å²) in [7, 11) is 0. The summed E-state index contributed by atoms with van der Waals surface area (Å²) in [6.45, 7) is 5.72. The smallest absolute Gasteiger partial charge is 0.346 e. The van der Waals surface area contributed by atoms with Crippen LogP contribution in [-0.4, -0.2) is 22.7 Å². The van der Waals surface area contributed by atoms with Gasteiger partial charge in [0.1, 0.15) is 4.91 Å². The average molecular weight is 353 g/mol. The zero-order valence-corrected chi connectivity index (χ0v) is 14.4. The summed E-state index contributed by atoms with van der Waals surface area (Å²) in [6, 6.07) is 3.53. The van der Waals surface area contributed by atoms with Gasteiger partial charge >= 0.3 is 5.97 Å². The van der Waals surface area contributed by atoms with E-state index < -0.39 is 5.97 Å². The number of nitrogens with one attached hydrogen (secondary N) is 1. The molecule has 4 nitrogen and oxygen atoms in total. The highest BCUT2D eigenvalue weighted by Crippen LogP contribution is 2.40. The Balaban J connectivity index is 2.30. The fourth-order valence-electron chi connectivity index (χ4n) is 1.97. The molecule has 1 aliphatic heterocycles. The maximum Gasteiger partial charge on any atom is 0.346 e. The van der Waals surface area contributed by atoms with Crippen molar-refractivity contribution in [1.29, 1.82) is 0 Å². The van der Waals surface area contributed by atoms with Crippen molar-refractivity contribution >= 4 is 51.4 Å². The van der Waals surface area contributed by atoms with Gasteiger partial charge in [0.05, 0.1) is 15.7 Å². The van der Waals surface area contributed by atoms with Gasteiger partial charge in [-0.15, -0.1) is 17.9 Å². The molecular formula is C15H15NO3S3. The molecule has 1 N–H and O–H groups in total. The second kappa shape index (κ2) is 7.71. The van der Waals surface area contributed by atoms with E-state index in [1.807, 2.05) is 5.38 Å². The molecule has 2 heterocycles. The number of ether oxygens (including phenoxy) is 1. The molecule has 0 spiro atoms. The first-order valence-electron chi connectivity index (χ1n) is 6.67. The Morgan fingerprint density at radius 3 is 2.91 bits per heavy atom. The normalized spacial score (nSPS) is 17.5. The Bertz CT molecular complexity index is 634. The van der Waals surface area contributed by atoms with Crippen molar-refractivity contribution in [3.63, 3.8) is 0 Å². The van der Waals surface area contributed by atoms with Crippen LogP contribution in [0.3, 0.4) is 0 Å². The summed E-state index contributed by atoms with van der Waals surface area (Å²) in [5, 5.41) is 4.65. The molecule has 22 heavy (non-hydrogen) atoms. The van der Waals surface area contributed by atoms with Gasteiger partial charge in [0, 0.05) is 11.6 Å². The molecule has 0 aromatic carbocycles. The molecule has 0 saturated carbocycles. The summed E-state index contributed by atoms with van der Waals surface area (Å²) in [6.07, 6.45) is 2.29. The maximum absolute atomic E-state index is 12.3. The van der Waals surface area contributed by atoms with E-state index in [1.165, 1.54) is 23.1 Å². The number of carbonyl (C=O) groups is 2. The monoisotopic (exact) mass is 353 g/mol. The molecule has 0 aliphatic carbocycles. The van der Waals surface area contributed by atoms with E-state index >= 15 is 0 Å². The van der Waals surface area contributed by atoms with Crippen LogP contribution in [0.4, 0.5) is 0 Å². The Morgan fingerprint density at radius 1 is 1.55 bits per heavy atom. The summed E-state index contributed by atoms with van der Waals surface area (Å²) >= 11 is 7.86. The number of thiophene rings is 1. The molecule has 0 bridgehead atoms. The second-order valence-electron chi connectivity index (χ2n) is 4.39. The highest BCUT2D eigenvalue weighted by Gasteiger charge is 2.35. The molecule has 0 radical (unpaired) electrons. The van der Waals surface area contributed by atoms with Crippen LogP contribution >= 0.6 is 35.3 Å². The molecular weight excluding hydrogens is 338 g/mol. The predicted octanol–water partition coefficient (Wildman–Crippen LogP) is 3.52. The van der Waals surface area contributed by atoms with Crippen LogP contribution in [0.5, 0.6) is 0 Å². The maximum atomic E-state index is 12.3. The lowest BCUT2D eigenvalue weighted by Crippen LogP contribution is -2.28. The van der Waals surface area contributed by atoms with Crippen molar-refractivity contribution < 1.29 is 14.3 Å². The van der Waals surface area contributed by atoms with Crippen molar-refractivity contribution in [1.82, 2.24) is 5.32 Å². The van der Waals surface area contributed by atoms with Crippen LogP contribution in [0.25, 0.3) is 0 Å². The van der Waals surface area contributed by atoms with Gasteiger partial charge in [0.15, 0.2) is 0 Å². The first-order valence-corrected chi connectivity index (χ1v) is 8.77. The molecule has 116 valence electrons. The SMILES string of the molecule is C=CC[C@@H]1C(=S)SC(C(=O)OCC)=C1NC(=O)c1cccs1. The number of thioether (sulfide) groups is 1. The topological polar surface area (TPSA) is 55.4 Å². The number of thiocarbonyl (C=S) groups is 1. The zero-order chi connectivity index (χ0) is 16.1. The van der Waals surface area contributed by atoms with Gasteiger partial charge in [-0.1, -0.05) is 36.1 Å². The average Bonchev–Trinajstić information content (AvgIpc) is 3.11. The molecule has 7 heteroatoms. The lowest BCUT2D eigenvalue weighted by Gasteiger charge is -2.14. The lowest BCUT2D eigenvalue weighted by atomic mass is 10.0. The third kappa shape index (κ3) is 3.66. The van der Waals surface area contributed by atoms with E-state index in [4.69, 9.17) is 17.0 Å². The summed E-state index contributed by atoms with van der Waals surface area (Å²) in [5.41, 5.74) is 0.520. The lowest BCUT2D eigenvalue weighted by molar-refractivity contribution is -0.137. The van der Waals surface area contributed by atoms with Gasteiger partial charge in [0.2, 0.25) is 0 Å². The number of hydrogen-bond acceptors (Lipinski definition) is 6. The summed E-state index contributed by atoms with van der Waals surface area (Å²) in [4.78, 5) is 25.3. The Labute approximate surface area is 142 Å². The Kier molecular flexibility index (Phi) is 5.93. The van der Waals surface area contributed by atoms with Crippen LogP contribution in [0.1, 0.15) is 23.0 Å². The van der Waals surface area contributed by atoms with E-state index in [2.05, 4.69) is 11.9 Å². The van der Waals surface area contributed by atoms with Gasteiger partial charge in [-0.25, -0.2) is 4.79 Å². The van der Waals surface area contributed by atoms with Crippen molar-refractivity contribution in [3.05, 3.63) is 45.6 Å². The van der Waals surface area contributed by atoms with Crippen LogP contribution in [0, 0.1) is 5.92 Å². The summed E-state index contributed by atoms with van der Waals surface area (Å²) in [5.74, 6) is -0.908. The molecule has 2 rings (SSSR count). The molecule has 0 fully saturated rings. The molecule has 0 saturated heterocycles. The minimum atomic E-state index is -0.456. The number of rotatable bonds is 6. The quantitative estimate of drug-likeness (QED) is 0.482. The fraction of sp³-hybridized carbons (Fsp3) is 0.267. The van der Waals surface area contributed by atoms with E-state index in [9.17, 15) is 9.59 Å². The molecule has 1 atom stereocenters. The predicted molar refractivity (Wildman–Crippen MR) is 93.9 cm³/mol. The first-order chi connectivity index (χ1) is 10.6. The van der Waals surface area contributed by atoms with Crippen molar-refractivity contribution in [3.8, 4) is 0 Å². The van der Waals surface area contributed by atoms with Gasteiger partial charge in [-0.05, 0) is 24.8 Å². The fourth-order valence-corrected chi connectivity index (χ4v) is 4.05. The van der Waals surface area contributed by atoms with Gasteiger partial charge < -0.3 is 10.1 Å². The van der Waals surface area contributed by atoms with E-state index in [0.717, 1.165) is 0 Å². The zero-order valence-electron chi connectivity index (χ0n) is 12.0. The van der Waals surface area contributed by atoms with Gasteiger partial charge in [-0.2, -0.15) is 0 Å². The van der Waals surface area contributed by atoms with Crippen LogP contribution in [0.15, 0.2) is 40.8 Å². The summed E-state index contributed by atoms with van der Waals surface area (Å²) < 4.78 is 5.69. The number of esters is 1. The third-order valence-electron chi connectivity index (χ3n) is 2.94. The molecule has 1 aromatic rings. The minimum absolute atomic E-state index is 0.208. The van der Waals surface area contributed by atoms with Crippen LogP contribution in [0.2, 0.25) is 0 Å². The van der Waals surface area contributed by atoms with Gasteiger partial charge in [-0.3, -0.25) is 4.79 Å². The van der Waals surface area contributed by atoms with Crippen LogP contribution < -0.4 is 5.32 Å². The number of carbonyl (C=O) groups excluding carboxylic acids is 2. The molecule has 1 aromatic heterocycles. The van der Waals surface area contributed by atoms with E-state index in [-0.39, 0.29) is 18.4 Å². The number of amides is 1. The largest absolute Gasteiger partial charge is 0.462 e. The highest BCUT2D eigenvalue weighted by molar-refractivity contribution is 8.26. The standard InChI is InChI=1S/C15H15NO3S3/c1-3-6-9-11(16-13(17)10-7-5-8-21-10)12(22-15(9)20)14(18)19-4-2/h3,5,7-9H,1,4,6H2,2H3,(H,16,17)/t9-/m0/s1. The van der Waals surface area contributed by atoms with E-state index in [1.54, 1.807) is 25.1 Å². The first kappa shape index (κ1) is 16.9. The number of allylic oxidation sites excluding steroid dienone is 2. The highest BCUT2D eigenvalue weighted by atomic mass is 32.2. The minimum Gasteiger partial charge on any atom is -0.462 e. The van der Waals surface area contributed by atoms with Gasteiger partial charge in [0.25, 0.3) is 5.91 Å². The van der Waals surface area contributed by atoms with Crippen molar-refractivity contribution in [2.75, 3.05) is 6.61 Å². The van der Waals surface area contributed by atoms with Crippen molar-refractivity contribution in [2.45, 2.75) is 13.3 Å². The van der Waals surface area contributed by atoms with Crippen molar-refractivity contribution in [2.24, 2.45) is 5.92 Å².